The molecule has 1 aromatic heterocycles. The maximum absolute atomic E-state index is 13.6. The molecule has 0 N–H and O–H groups in total. The average molecular weight is 495 g/mol. The number of carbonyl (C=O) groups is 3. The van der Waals surface area contributed by atoms with Crippen molar-refractivity contribution in [2.45, 2.75) is 33.6 Å². The summed E-state index contributed by atoms with van der Waals surface area (Å²) < 4.78 is 6.57. The molecular formula is C26H30N4O4S. The van der Waals surface area contributed by atoms with Gasteiger partial charge in [-0.2, -0.15) is 0 Å². The van der Waals surface area contributed by atoms with Gasteiger partial charge in [0.15, 0.2) is 5.13 Å². The molecule has 8 nitrogen and oxygen atoms in total. The first-order valence-electron chi connectivity index (χ1n) is 12.0. The van der Waals surface area contributed by atoms with Gasteiger partial charge in [0.1, 0.15) is 5.75 Å². The van der Waals surface area contributed by atoms with Crippen LogP contribution in [-0.4, -0.2) is 60.4 Å². The third-order valence-corrected chi connectivity index (χ3v) is 7.14. The predicted octanol–water partition coefficient (Wildman–Crippen LogP) is 4.34. The topological polar surface area (TPSA) is 83.1 Å². The lowest BCUT2D eigenvalue weighted by atomic mass is 10.1. The van der Waals surface area contributed by atoms with E-state index in [1.165, 1.54) is 16.2 Å². The summed E-state index contributed by atoms with van der Waals surface area (Å²) >= 11 is 1.46. The van der Waals surface area contributed by atoms with Crippen LogP contribution in [0.1, 0.15) is 44.0 Å². The van der Waals surface area contributed by atoms with Crippen LogP contribution in [0.3, 0.4) is 0 Å². The number of anilines is 2. The Kier molecular flexibility index (Phi) is 7.77. The summed E-state index contributed by atoms with van der Waals surface area (Å²) in [5.74, 6) is 0.177. The van der Waals surface area contributed by atoms with Crippen molar-refractivity contribution in [1.82, 2.24) is 9.88 Å². The van der Waals surface area contributed by atoms with Crippen molar-refractivity contribution in [3.05, 3.63) is 48.0 Å². The Hall–Kier alpha value is -3.30. The molecule has 1 aliphatic heterocycles. The van der Waals surface area contributed by atoms with Gasteiger partial charge in [0.2, 0.25) is 11.8 Å². The number of imide groups is 1. The molecule has 4 rings (SSSR count). The van der Waals surface area contributed by atoms with Gasteiger partial charge in [-0.3, -0.25) is 24.2 Å². The number of carbonyl (C=O) groups excluding carboxylic acids is 3. The fourth-order valence-corrected chi connectivity index (χ4v) is 5.12. The normalized spacial score (nSPS) is 13.8. The highest BCUT2D eigenvalue weighted by molar-refractivity contribution is 7.22. The average Bonchev–Trinajstić information content (AvgIpc) is 3.44. The second kappa shape index (κ2) is 11.0. The largest absolute Gasteiger partial charge is 0.494 e. The third-order valence-electron chi connectivity index (χ3n) is 6.09. The molecule has 3 aromatic rings. The van der Waals surface area contributed by atoms with Crippen molar-refractivity contribution in [3.8, 4) is 5.75 Å². The summed E-state index contributed by atoms with van der Waals surface area (Å²) in [6, 6.07) is 12.4. The van der Waals surface area contributed by atoms with Gasteiger partial charge in [-0.15, -0.1) is 0 Å². The number of ether oxygens (including phenoxy) is 1. The Bertz CT molecular complexity index is 1200. The molecular weight excluding hydrogens is 464 g/mol. The molecule has 1 fully saturated rings. The third kappa shape index (κ3) is 5.36. The lowest BCUT2D eigenvalue weighted by Crippen LogP contribution is -2.39. The van der Waals surface area contributed by atoms with Gasteiger partial charge in [-0.25, -0.2) is 4.98 Å². The minimum absolute atomic E-state index is 0.174. The van der Waals surface area contributed by atoms with Crippen LogP contribution in [0, 0.1) is 0 Å². The van der Waals surface area contributed by atoms with E-state index in [1.54, 1.807) is 29.2 Å². The van der Waals surface area contributed by atoms with Crippen LogP contribution in [0.15, 0.2) is 42.5 Å². The zero-order chi connectivity index (χ0) is 24.9. The van der Waals surface area contributed by atoms with E-state index in [-0.39, 0.29) is 30.6 Å². The van der Waals surface area contributed by atoms with Crippen LogP contribution in [0.25, 0.3) is 10.2 Å². The maximum Gasteiger partial charge on any atom is 0.260 e. The standard InChI is InChI=1S/C26H30N4O4S/c1-4-28(5-2)15-16-29(26-27-21-12-11-20(34-6-3)17-22(21)35-26)25(33)18-7-9-19(10-8-18)30-23(31)13-14-24(30)32/h7-12,17H,4-6,13-16H2,1-3H3. The maximum atomic E-state index is 13.6. The van der Waals surface area contributed by atoms with E-state index in [0.717, 1.165) is 29.1 Å². The van der Waals surface area contributed by atoms with Crippen LogP contribution >= 0.6 is 11.3 Å². The number of fused-ring (bicyclic) bond motifs is 1. The number of likely N-dealkylation sites (N-methyl/N-ethyl adjacent to an activating group) is 1. The van der Waals surface area contributed by atoms with E-state index in [4.69, 9.17) is 9.72 Å². The minimum Gasteiger partial charge on any atom is -0.494 e. The molecule has 0 aliphatic carbocycles. The Morgan fingerprint density at radius 2 is 1.69 bits per heavy atom. The molecule has 2 heterocycles. The molecule has 1 saturated heterocycles. The number of hydrogen-bond donors (Lipinski definition) is 0. The van der Waals surface area contributed by atoms with Crippen LogP contribution in [0.4, 0.5) is 10.8 Å². The van der Waals surface area contributed by atoms with E-state index >= 15 is 0 Å². The van der Waals surface area contributed by atoms with Crippen LogP contribution in [-0.2, 0) is 9.59 Å². The van der Waals surface area contributed by atoms with Crippen molar-refractivity contribution in [1.29, 1.82) is 0 Å². The first-order chi connectivity index (χ1) is 16.9. The van der Waals surface area contributed by atoms with Gasteiger partial charge in [-0.1, -0.05) is 25.2 Å². The lowest BCUT2D eigenvalue weighted by Gasteiger charge is -2.25. The SMILES string of the molecule is CCOc1ccc2nc(N(CCN(CC)CC)C(=O)c3ccc(N4C(=O)CCC4=O)cc3)sc2c1. The highest BCUT2D eigenvalue weighted by atomic mass is 32.1. The molecule has 0 bridgehead atoms. The summed E-state index contributed by atoms with van der Waals surface area (Å²) in [5, 5.41) is 0.625. The van der Waals surface area contributed by atoms with Crippen molar-refractivity contribution >= 4 is 50.1 Å². The van der Waals surface area contributed by atoms with Gasteiger partial charge >= 0.3 is 0 Å². The van der Waals surface area contributed by atoms with Crippen LogP contribution in [0.5, 0.6) is 5.75 Å². The summed E-state index contributed by atoms with van der Waals surface area (Å²) in [6.45, 7) is 9.71. The molecule has 0 spiro atoms. The number of aromatic nitrogens is 1. The van der Waals surface area contributed by atoms with Crippen molar-refractivity contribution in [2.24, 2.45) is 0 Å². The Morgan fingerprint density at radius 1 is 1.00 bits per heavy atom. The summed E-state index contributed by atoms with van der Waals surface area (Å²) in [7, 11) is 0. The molecule has 3 amide bonds. The molecule has 0 saturated carbocycles. The molecule has 2 aromatic carbocycles. The molecule has 184 valence electrons. The van der Waals surface area contributed by atoms with Gasteiger partial charge in [0.05, 0.1) is 22.5 Å². The smallest absolute Gasteiger partial charge is 0.260 e. The zero-order valence-corrected chi connectivity index (χ0v) is 21.1. The molecule has 0 atom stereocenters. The number of benzene rings is 2. The van der Waals surface area contributed by atoms with Gasteiger partial charge in [-0.05, 0) is 62.5 Å². The quantitative estimate of drug-likeness (QED) is 0.390. The van der Waals surface area contributed by atoms with E-state index in [9.17, 15) is 14.4 Å². The predicted molar refractivity (Wildman–Crippen MR) is 138 cm³/mol. The van der Waals surface area contributed by atoms with Crippen molar-refractivity contribution in [3.63, 3.8) is 0 Å². The second-order valence-corrected chi connectivity index (χ2v) is 9.22. The van der Waals surface area contributed by atoms with Crippen molar-refractivity contribution < 1.29 is 19.1 Å². The zero-order valence-electron chi connectivity index (χ0n) is 20.3. The number of amides is 3. The lowest BCUT2D eigenvalue weighted by molar-refractivity contribution is -0.121. The van der Waals surface area contributed by atoms with E-state index in [0.29, 0.717) is 36.1 Å². The van der Waals surface area contributed by atoms with Gasteiger partial charge < -0.3 is 9.64 Å². The number of thiazole rings is 1. The van der Waals surface area contributed by atoms with Crippen LogP contribution < -0.4 is 14.5 Å². The minimum atomic E-state index is -0.212. The molecule has 0 unspecified atom stereocenters. The van der Waals surface area contributed by atoms with Gasteiger partial charge in [0, 0.05) is 31.5 Å². The molecule has 1 aliphatic rings. The Labute approximate surface area is 209 Å². The summed E-state index contributed by atoms with van der Waals surface area (Å²) in [6.07, 6.45) is 0.447. The highest BCUT2D eigenvalue weighted by Crippen LogP contribution is 2.32. The number of rotatable bonds is 10. The first kappa shape index (κ1) is 24.8. The highest BCUT2D eigenvalue weighted by Gasteiger charge is 2.30. The summed E-state index contributed by atoms with van der Waals surface area (Å²) in [4.78, 5) is 47.7. The molecule has 35 heavy (non-hydrogen) atoms. The second-order valence-electron chi connectivity index (χ2n) is 8.21. The van der Waals surface area contributed by atoms with Crippen LogP contribution in [0.2, 0.25) is 0 Å². The van der Waals surface area contributed by atoms with Gasteiger partial charge in [0.25, 0.3) is 5.91 Å². The van der Waals surface area contributed by atoms with E-state index < -0.39 is 0 Å². The van der Waals surface area contributed by atoms with E-state index in [2.05, 4.69) is 18.7 Å². The summed E-state index contributed by atoms with van der Waals surface area (Å²) in [5.41, 5.74) is 1.78. The van der Waals surface area contributed by atoms with Crippen molar-refractivity contribution in [2.75, 3.05) is 42.6 Å². The number of hydrogen-bond acceptors (Lipinski definition) is 7. The first-order valence-corrected chi connectivity index (χ1v) is 12.8. The molecule has 0 radical (unpaired) electrons. The fourth-order valence-electron chi connectivity index (χ4n) is 4.10. The monoisotopic (exact) mass is 494 g/mol. The number of nitrogens with zero attached hydrogens (tertiary/aromatic N) is 4. The van der Waals surface area contributed by atoms with E-state index in [1.807, 2.05) is 25.1 Å². The fraction of sp³-hybridized carbons (Fsp3) is 0.385. The Morgan fingerprint density at radius 3 is 2.31 bits per heavy atom. The molecule has 9 heteroatoms. The Balaban J connectivity index is 1.63.